The highest BCUT2D eigenvalue weighted by atomic mass is 32.1. The Morgan fingerprint density at radius 2 is 2.37 bits per heavy atom. The number of benzene rings is 1. The summed E-state index contributed by atoms with van der Waals surface area (Å²) in [5.41, 5.74) is 0.810. The van der Waals surface area contributed by atoms with Crippen molar-refractivity contribution in [2.24, 2.45) is 5.92 Å². The first kappa shape index (κ1) is 17.4. The average molecular weight is 386 g/mol. The van der Waals surface area contributed by atoms with Crippen LogP contribution >= 0.6 is 11.3 Å². The molecule has 27 heavy (non-hydrogen) atoms. The van der Waals surface area contributed by atoms with Crippen LogP contribution in [0.25, 0.3) is 10.2 Å². The first-order valence-corrected chi connectivity index (χ1v) is 9.41. The van der Waals surface area contributed by atoms with Crippen LogP contribution in [0, 0.1) is 5.92 Å². The van der Waals surface area contributed by atoms with E-state index in [1.807, 2.05) is 25.1 Å². The van der Waals surface area contributed by atoms with E-state index in [0.717, 1.165) is 16.0 Å². The van der Waals surface area contributed by atoms with Gasteiger partial charge in [-0.1, -0.05) is 11.3 Å². The number of nitrogens with one attached hydrogen (secondary N) is 2. The number of aromatic amines is 1. The zero-order valence-electron chi connectivity index (χ0n) is 14.6. The maximum atomic E-state index is 12.4. The summed E-state index contributed by atoms with van der Waals surface area (Å²) in [6.45, 7) is 3.09. The molecule has 0 saturated carbocycles. The highest BCUT2D eigenvalue weighted by molar-refractivity contribution is 7.22. The fourth-order valence-corrected chi connectivity index (χ4v) is 3.98. The minimum Gasteiger partial charge on any atom is -0.494 e. The third-order valence-corrected chi connectivity index (χ3v) is 5.32. The third kappa shape index (κ3) is 3.61. The van der Waals surface area contributed by atoms with Crippen molar-refractivity contribution in [3.63, 3.8) is 0 Å². The van der Waals surface area contributed by atoms with Gasteiger partial charge < -0.3 is 10.1 Å². The van der Waals surface area contributed by atoms with Crippen molar-refractivity contribution in [1.29, 1.82) is 0 Å². The topological polar surface area (TPSA) is 113 Å². The lowest BCUT2D eigenvalue weighted by Gasteiger charge is -2.12. The van der Waals surface area contributed by atoms with Gasteiger partial charge in [0.1, 0.15) is 17.9 Å². The molecule has 0 spiro atoms. The number of ether oxygens (including phenoxy) is 1. The van der Waals surface area contributed by atoms with Crippen LogP contribution in [0.5, 0.6) is 5.75 Å². The highest BCUT2D eigenvalue weighted by Crippen LogP contribution is 2.34. The van der Waals surface area contributed by atoms with E-state index in [1.54, 1.807) is 4.90 Å². The Balaban J connectivity index is 1.45. The number of rotatable bonds is 6. The van der Waals surface area contributed by atoms with Gasteiger partial charge in [-0.2, -0.15) is 5.10 Å². The first-order chi connectivity index (χ1) is 13.1. The molecule has 2 amide bonds. The van der Waals surface area contributed by atoms with E-state index in [4.69, 9.17) is 4.74 Å². The number of hydrogen-bond donors (Lipinski definition) is 2. The zero-order chi connectivity index (χ0) is 18.8. The monoisotopic (exact) mass is 386 g/mol. The summed E-state index contributed by atoms with van der Waals surface area (Å²) in [5, 5.41) is 9.81. The van der Waals surface area contributed by atoms with Crippen molar-refractivity contribution < 1.29 is 14.3 Å². The van der Waals surface area contributed by atoms with Crippen molar-refractivity contribution in [3.8, 4) is 5.75 Å². The average Bonchev–Trinajstić information content (AvgIpc) is 3.38. The zero-order valence-corrected chi connectivity index (χ0v) is 15.5. The molecule has 2 N–H and O–H groups in total. The van der Waals surface area contributed by atoms with Crippen LogP contribution in [-0.4, -0.2) is 45.1 Å². The highest BCUT2D eigenvalue weighted by Gasteiger charge is 2.36. The minimum absolute atomic E-state index is 0.0982. The van der Waals surface area contributed by atoms with Gasteiger partial charge in [-0.15, -0.1) is 0 Å². The molecule has 3 aromatic rings. The van der Waals surface area contributed by atoms with Crippen molar-refractivity contribution in [2.45, 2.75) is 19.9 Å². The van der Waals surface area contributed by atoms with Gasteiger partial charge in [0.25, 0.3) is 0 Å². The molecular formula is C17H18N6O3S. The molecule has 3 heterocycles. The molecule has 140 valence electrons. The lowest BCUT2D eigenvalue weighted by Crippen LogP contribution is -2.32. The van der Waals surface area contributed by atoms with Crippen molar-refractivity contribution in [1.82, 2.24) is 25.5 Å². The van der Waals surface area contributed by atoms with Crippen LogP contribution in [0.15, 0.2) is 24.5 Å². The van der Waals surface area contributed by atoms with Crippen LogP contribution in [0.3, 0.4) is 0 Å². The summed E-state index contributed by atoms with van der Waals surface area (Å²) in [7, 11) is 0. The van der Waals surface area contributed by atoms with Crippen LogP contribution in [0.1, 0.15) is 19.2 Å². The summed E-state index contributed by atoms with van der Waals surface area (Å²) in [6.07, 6.45) is 1.55. The Kier molecular flexibility index (Phi) is 4.71. The fourth-order valence-electron chi connectivity index (χ4n) is 2.96. The number of H-pyrrole nitrogens is 1. The number of amides is 2. The van der Waals surface area contributed by atoms with E-state index in [1.165, 1.54) is 17.7 Å². The lowest BCUT2D eigenvalue weighted by molar-refractivity contribution is -0.126. The van der Waals surface area contributed by atoms with E-state index < -0.39 is 5.92 Å². The first-order valence-electron chi connectivity index (χ1n) is 8.59. The van der Waals surface area contributed by atoms with Crippen molar-refractivity contribution in [3.05, 3.63) is 30.4 Å². The number of hydrogen-bond acceptors (Lipinski definition) is 7. The van der Waals surface area contributed by atoms with Gasteiger partial charge in [-0.25, -0.2) is 9.97 Å². The Bertz CT molecular complexity index is 970. The third-order valence-electron chi connectivity index (χ3n) is 4.28. The summed E-state index contributed by atoms with van der Waals surface area (Å²) in [4.78, 5) is 34.9. The Hall–Kier alpha value is -3.01. The normalized spacial score (nSPS) is 16.9. The second kappa shape index (κ2) is 7.31. The van der Waals surface area contributed by atoms with E-state index in [9.17, 15) is 9.59 Å². The van der Waals surface area contributed by atoms with Gasteiger partial charge in [0.15, 0.2) is 5.13 Å². The van der Waals surface area contributed by atoms with Gasteiger partial charge in [0.05, 0.1) is 29.3 Å². The van der Waals surface area contributed by atoms with E-state index >= 15 is 0 Å². The fraction of sp³-hybridized carbons (Fsp3) is 0.353. The van der Waals surface area contributed by atoms with Crippen LogP contribution in [-0.2, 0) is 16.1 Å². The molecule has 1 saturated heterocycles. The molecular weight excluding hydrogens is 368 g/mol. The molecule has 2 aromatic heterocycles. The number of thiazole rings is 1. The van der Waals surface area contributed by atoms with E-state index in [-0.39, 0.29) is 24.8 Å². The van der Waals surface area contributed by atoms with Gasteiger partial charge >= 0.3 is 0 Å². The molecule has 1 unspecified atom stereocenters. The number of nitrogens with zero attached hydrogens (tertiary/aromatic N) is 4. The van der Waals surface area contributed by atoms with Gasteiger partial charge in [-0.3, -0.25) is 19.6 Å². The van der Waals surface area contributed by atoms with Gasteiger partial charge in [0.2, 0.25) is 11.8 Å². The molecule has 9 nitrogen and oxygen atoms in total. The number of aromatic nitrogens is 4. The Morgan fingerprint density at radius 3 is 3.15 bits per heavy atom. The predicted molar refractivity (Wildman–Crippen MR) is 99.5 cm³/mol. The summed E-state index contributed by atoms with van der Waals surface area (Å²) in [5.74, 6) is 0.658. The second-order valence-corrected chi connectivity index (χ2v) is 7.12. The second-order valence-electron chi connectivity index (χ2n) is 6.11. The molecule has 10 heteroatoms. The molecule has 1 aliphatic heterocycles. The Labute approximate surface area is 158 Å². The molecule has 1 atom stereocenters. The van der Waals surface area contributed by atoms with Crippen molar-refractivity contribution >= 4 is 38.5 Å². The van der Waals surface area contributed by atoms with Crippen LogP contribution < -0.4 is 15.0 Å². The predicted octanol–water partition coefficient (Wildman–Crippen LogP) is 1.48. The summed E-state index contributed by atoms with van der Waals surface area (Å²) in [6, 6.07) is 5.66. The molecule has 1 aromatic carbocycles. The molecule has 0 bridgehead atoms. The van der Waals surface area contributed by atoms with Crippen LogP contribution in [0.2, 0.25) is 0 Å². The van der Waals surface area contributed by atoms with E-state index in [2.05, 4.69) is 25.5 Å². The quantitative estimate of drug-likeness (QED) is 0.663. The van der Waals surface area contributed by atoms with Gasteiger partial charge in [0, 0.05) is 13.0 Å². The standard InChI is InChI=1S/C17H18N6O3S/c1-2-26-11-3-4-12-13(6-11)27-17(21-12)23-8-10(5-15(23)24)16(25)18-7-14-19-9-20-22-14/h3-4,6,9-10H,2,5,7-8H2,1H3,(H,18,25)(H,19,20,22). The summed E-state index contributed by atoms with van der Waals surface area (Å²) < 4.78 is 6.46. The van der Waals surface area contributed by atoms with Gasteiger partial charge in [-0.05, 0) is 25.1 Å². The van der Waals surface area contributed by atoms with Crippen molar-refractivity contribution in [2.75, 3.05) is 18.1 Å². The summed E-state index contributed by atoms with van der Waals surface area (Å²) >= 11 is 1.42. The Morgan fingerprint density at radius 1 is 1.48 bits per heavy atom. The maximum Gasteiger partial charge on any atom is 0.229 e. The van der Waals surface area contributed by atoms with Crippen LogP contribution in [0.4, 0.5) is 5.13 Å². The number of carbonyl (C=O) groups is 2. The SMILES string of the molecule is CCOc1ccc2nc(N3CC(C(=O)NCc4ncn[nH]4)CC3=O)sc2c1. The minimum atomic E-state index is -0.411. The lowest BCUT2D eigenvalue weighted by atomic mass is 10.1. The number of anilines is 1. The number of carbonyl (C=O) groups excluding carboxylic acids is 2. The molecule has 4 rings (SSSR count). The maximum absolute atomic E-state index is 12.4. The smallest absolute Gasteiger partial charge is 0.229 e. The molecule has 1 aliphatic rings. The molecule has 1 fully saturated rings. The van der Waals surface area contributed by atoms with E-state index in [0.29, 0.717) is 24.1 Å². The number of fused-ring (bicyclic) bond motifs is 1. The molecule has 0 radical (unpaired) electrons. The largest absolute Gasteiger partial charge is 0.494 e. The molecule has 0 aliphatic carbocycles.